The monoisotopic (exact) mass is 283 g/mol. The summed E-state index contributed by atoms with van der Waals surface area (Å²) in [6.45, 7) is 3.83. The van der Waals surface area contributed by atoms with Crippen molar-refractivity contribution >= 4 is 23.5 Å². The van der Waals surface area contributed by atoms with Gasteiger partial charge in [-0.3, -0.25) is 4.79 Å². The molecule has 0 aliphatic carbocycles. The van der Waals surface area contributed by atoms with E-state index in [1.807, 2.05) is 13.8 Å². The van der Waals surface area contributed by atoms with E-state index in [9.17, 15) is 9.59 Å². The zero-order chi connectivity index (χ0) is 14.4. The van der Waals surface area contributed by atoms with Crippen LogP contribution in [0.2, 0.25) is 5.02 Å². The summed E-state index contributed by atoms with van der Waals surface area (Å²) in [5, 5.41) is 3.03. The van der Waals surface area contributed by atoms with Crippen LogP contribution in [0.5, 0.6) is 0 Å². The Morgan fingerprint density at radius 2 is 2.00 bits per heavy atom. The lowest BCUT2D eigenvalue weighted by Crippen LogP contribution is -2.45. The Hall–Kier alpha value is -1.55. The second-order valence-electron chi connectivity index (χ2n) is 4.34. The fourth-order valence-corrected chi connectivity index (χ4v) is 1.88. The van der Waals surface area contributed by atoms with Crippen molar-refractivity contribution in [2.75, 3.05) is 7.11 Å². The first-order chi connectivity index (χ1) is 9.01. The summed E-state index contributed by atoms with van der Waals surface area (Å²) in [6, 6.07) is 6.04. The molecule has 0 saturated carbocycles. The summed E-state index contributed by atoms with van der Waals surface area (Å²) in [7, 11) is 1.30. The Morgan fingerprint density at radius 1 is 1.37 bits per heavy atom. The molecule has 0 radical (unpaired) electrons. The van der Waals surface area contributed by atoms with Gasteiger partial charge in [0.25, 0.3) is 5.91 Å². The highest BCUT2D eigenvalue weighted by molar-refractivity contribution is 6.33. The third kappa shape index (κ3) is 3.96. The number of carbonyl (C=O) groups excluding carboxylic acids is 2. The third-order valence-electron chi connectivity index (χ3n) is 3.07. The van der Waals surface area contributed by atoms with Crippen LogP contribution < -0.4 is 5.32 Å². The van der Waals surface area contributed by atoms with E-state index in [-0.39, 0.29) is 11.8 Å². The van der Waals surface area contributed by atoms with Crippen LogP contribution in [0.3, 0.4) is 0 Å². The summed E-state index contributed by atoms with van der Waals surface area (Å²) in [6.07, 6.45) is 0.753. The molecule has 0 fully saturated rings. The number of methoxy groups -OCH3 is 1. The number of ether oxygens (including phenoxy) is 1. The van der Waals surface area contributed by atoms with E-state index >= 15 is 0 Å². The maximum atomic E-state index is 12.1. The first-order valence-electron chi connectivity index (χ1n) is 6.14. The van der Waals surface area contributed by atoms with Crippen molar-refractivity contribution in [3.63, 3.8) is 0 Å². The molecule has 19 heavy (non-hydrogen) atoms. The van der Waals surface area contributed by atoms with E-state index in [1.54, 1.807) is 24.3 Å². The van der Waals surface area contributed by atoms with E-state index in [4.69, 9.17) is 16.3 Å². The lowest BCUT2D eigenvalue weighted by molar-refractivity contribution is -0.144. The molecule has 0 bridgehead atoms. The molecule has 4 nitrogen and oxygen atoms in total. The molecular formula is C14H18ClNO3. The van der Waals surface area contributed by atoms with Gasteiger partial charge in [0, 0.05) is 0 Å². The van der Waals surface area contributed by atoms with E-state index in [0.717, 1.165) is 6.42 Å². The number of hydrogen-bond acceptors (Lipinski definition) is 3. The number of amides is 1. The van der Waals surface area contributed by atoms with Crippen LogP contribution in [-0.2, 0) is 9.53 Å². The number of halogens is 1. The average molecular weight is 284 g/mol. The Morgan fingerprint density at radius 3 is 2.53 bits per heavy atom. The largest absolute Gasteiger partial charge is 0.467 e. The molecule has 5 heteroatoms. The fraction of sp³-hybridized carbons (Fsp3) is 0.429. The van der Waals surface area contributed by atoms with Gasteiger partial charge < -0.3 is 10.1 Å². The number of benzene rings is 1. The predicted molar refractivity (Wildman–Crippen MR) is 74.2 cm³/mol. The normalized spacial score (nSPS) is 13.5. The standard InChI is InChI=1S/C14H18ClNO3/c1-4-9(2)12(14(18)19-3)16-13(17)10-7-5-6-8-11(10)15/h5-9,12H,4H2,1-3H3,(H,16,17)/t9-,12+/m1/s1. The Balaban J connectivity index is 2.88. The van der Waals surface area contributed by atoms with Crippen molar-refractivity contribution in [1.29, 1.82) is 0 Å². The van der Waals surface area contributed by atoms with E-state index in [0.29, 0.717) is 10.6 Å². The van der Waals surface area contributed by atoms with Crippen LogP contribution in [-0.4, -0.2) is 25.0 Å². The van der Waals surface area contributed by atoms with Gasteiger partial charge in [-0.25, -0.2) is 4.79 Å². The van der Waals surface area contributed by atoms with Crippen LogP contribution in [0.25, 0.3) is 0 Å². The number of carbonyl (C=O) groups is 2. The topological polar surface area (TPSA) is 55.4 Å². The van der Waals surface area contributed by atoms with Gasteiger partial charge in [0.15, 0.2) is 0 Å². The highest BCUT2D eigenvalue weighted by Crippen LogP contribution is 2.16. The molecule has 0 aliphatic heterocycles. The highest BCUT2D eigenvalue weighted by atomic mass is 35.5. The van der Waals surface area contributed by atoms with Crippen molar-refractivity contribution in [1.82, 2.24) is 5.32 Å². The number of hydrogen-bond donors (Lipinski definition) is 1. The molecule has 1 rings (SSSR count). The molecule has 0 aromatic heterocycles. The molecule has 1 amide bonds. The molecule has 0 unspecified atom stereocenters. The van der Waals surface area contributed by atoms with E-state index in [2.05, 4.69) is 5.32 Å². The average Bonchev–Trinajstić information content (AvgIpc) is 2.43. The lowest BCUT2D eigenvalue weighted by Gasteiger charge is -2.22. The summed E-state index contributed by atoms with van der Waals surface area (Å²) >= 11 is 5.95. The molecule has 0 saturated heterocycles. The molecule has 1 aromatic carbocycles. The van der Waals surface area contributed by atoms with Gasteiger partial charge >= 0.3 is 5.97 Å². The zero-order valence-electron chi connectivity index (χ0n) is 11.3. The molecule has 0 heterocycles. The fourth-order valence-electron chi connectivity index (χ4n) is 1.66. The molecule has 0 spiro atoms. The lowest BCUT2D eigenvalue weighted by atomic mass is 9.99. The van der Waals surface area contributed by atoms with Crippen molar-refractivity contribution in [2.24, 2.45) is 5.92 Å². The van der Waals surface area contributed by atoms with E-state index in [1.165, 1.54) is 7.11 Å². The van der Waals surface area contributed by atoms with Gasteiger partial charge in [0.05, 0.1) is 17.7 Å². The minimum atomic E-state index is -0.668. The minimum Gasteiger partial charge on any atom is -0.467 e. The third-order valence-corrected chi connectivity index (χ3v) is 3.40. The zero-order valence-corrected chi connectivity index (χ0v) is 12.0. The number of esters is 1. The van der Waals surface area contributed by atoms with Crippen LogP contribution in [0.4, 0.5) is 0 Å². The number of rotatable bonds is 5. The van der Waals surface area contributed by atoms with Gasteiger partial charge in [-0.2, -0.15) is 0 Å². The highest BCUT2D eigenvalue weighted by Gasteiger charge is 2.27. The Bertz CT molecular complexity index is 462. The van der Waals surface area contributed by atoms with Crippen molar-refractivity contribution in [3.05, 3.63) is 34.9 Å². The van der Waals surface area contributed by atoms with Gasteiger partial charge in [-0.15, -0.1) is 0 Å². The summed E-state index contributed by atoms with van der Waals surface area (Å²) in [5.74, 6) is -0.838. The van der Waals surface area contributed by atoms with Gasteiger partial charge in [-0.1, -0.05) is 44.0 Å². The molecule has 0 aliphatic rings. The molecule has 1 N–H and O–H groups in total. The van der Waals surface area contributed by atoms with Crippen LogP contribution in [0.15, 0.2) is 24.3 Å². The predicted octanol–water partition coefficient (Wildman–Crippen LogP) is 2.66. The maximum Gasteiger partial charge on any atom is 0.328 e. The molecule has 1 aromatic rings. The maximum absolute atomic E-state index is 12.1. The van der Waals surface area contributed by atoms with E-state index < -0.39 is 12.0 Å². The Kier molecular flexibility index (Phi) is 5.83. The quantitative estimate of drug-likeness (QED) is 0.845. The van der Waals surface area contributed by atoms with Crippen LogP contribution in [0, 0.1) is 5.92 Å². The number of nitrogens with one attached hydrogen (secondary N) is 1. The first-order valence-corrected chi connectivity index (χ1v) is 6.52. The second-order valence-corrected chi connectivity index (χ2v) is 4.75. The van der Waals surface area contributed by atoms with Crippen molar-refractivity contribution < 1.29 is 14.3 Å². The minimum absolute atomic E-state index is 0.0149. The summed E-state index contributed by atoms with van der Waals surface area (Å²) in [4.78, 5) is 23.8. The Labute approximate surface area is 118 Å². The van der Waals surface area contributed by atoms with Crippen molar-refractivity contribution in [3.8, 4) is 0 Å². The summed E-state index contributed by atoms with van der Waals surface area (Å²) in [5.41, 5.74) is 0.348. The smallest absolute Gasteiger partial charge is 0.328 e. The van der Waals surface area contributed by atoms with Crippen molar-refractivity contribution in [2.45, 2.75) is 26.3 Å². The summed E-state index contributed by atoms with van der Waals surface area (Å²) < 4.78 is 4.72. The second kappa shape index (κ2) is 7.14. The van der Waals surface area contributed by atoms with Crippen LogP contribution in [0.1, 0.15) is 30.6 Å². The molecular weight excluding hydrogens is 266 g/mol. The SMILES string of the molecule is CC[C@@H](C)[C@H](NC(=O)c1ccccc1Cl)C(=O)OC. The molecule has 104 valence electrons. The first kappa shape index (κ1) is 15.5. The van der Waals surface area contributed by atoms with Crippen LogP contribution >= 0.6 is 11.6 Å². The van der Waals surface area contributed by atoms with Gasteiger partial charge in [0.2, 0.25) is 0 Å². The molecule has 2 atom stereocenters. The van der Waals surface area contributed by atoms with Gasteiger partial charge in [0.1, 0.15) is 6.04 Å². The van der Waals surface area contributed by atoms with Gasteiger partial charge in [-0.05, 0) is 18.1 Å².